The Balaban J connectivity index is 2.14. The van der Waals surface area contributed by atoms with Crippen LogP contribution in [0.15, 0.2) is 71.6 Å². The van der Waals surface area contributed by atoms with Crippen LogP contribution in [0.25, 0.3) is 0 Å². The van der Waals surface area contributed by atoms with E-state index in [2.05, 4.69) is 5.32 Å². The molecule has 0 aromatic heterocycles. The van der Waals surface area contributed by atoms with Crippen LogP contribution < -0.4 is 14.4 Å². The topological polar surface area (TPSA) is 96.0 Å². The summed E-state index contributed by atoms with van der Waals surface area (Å²) in [6, 6.07) is 16.9. The van der Waals surface area contributed by atoms with Crippen LogP contribution in [0.5, 0.6) is 5.75 Å². The van der Waals surface area contributed by atoms with Crippen molar-refractivity contribution in [3.05, 3.63) is 87.9 Å². The lowest BCUT2D eigenvalue weighted by molar-refractivity contribution is -0.140. The van der Waals surface area contributed by atoms with Gasteiger partial charge in [-0.25, -0.2) is 8.42 Å². The number of anilines is 1. The van der Waals surface area contributed by atoms with Gasteiger partial charge in [0.15, 0.2) is 0 Å². The SMILES string of the molecule is CCC(C)NC(=O)C(CC)N(Cc1ccc(Cl)cc1Cl)C(=O)CN(c1cc(C)ccc1OC)S(=O)(=O)c1ccccc1. The van der Waals surface area contributed by atoms with Gasteiger partial charge in [-0.15, -0.1) is 0 Å². The largest absolute Gasteiger partial charge is 0.495 e. The summed E-state index contributed by atoms with van der Waals surface area (Å²) >= 11 is 12.6. The number of hydrogen-bond donors (Lipinski definition) is 1. The van der Waals surface area contributed by atoms with Gasteiger partial charge in [0.1, 0.15) is 18.3 Å². The molecule has 0 saturated carbocycles. The highest BCUT2D eigenvalue weighted by molar-refractivity contribution is 7.92. The monoisotopic (exact) mass is 633 g/mol. The van der Waals surface area contributed by atoms with Crippen LogP contribution in [-0.2, 0) is 26.2 Å². The van der Waals surface area contributed by atoms with Crippen LogP contribution in [-0.4, -0.2) is 50.9 Å². The maximum absolute atomic E-state index is 14.3. The van der Waals surface area contributed by atoms with Gasteiger partial charge in [0, 0.05) is 22.6 Å². The number of nitrogens with one attached hydrogen (secondary N) is 1. The molecule has 3 aromatic carbocycles. The molecule has 3 aromatic rings. The second kappa shape index (κ2) is 14.8. The van der Waals surface area contributed by atoms with E-state index in [1.54, 1.807) is 61.5 Å². The fourth-order valence-electron chi connectivity index (χ4n) is 4.42. The second-order valence-corrected chi connectivity index (χ2v) is 12.7. The Morgan fingerprint density at radius 3 is 2.26 bits per heavy atom. The van der Waals surface area contributed by atoms with Crippen LogP contribution in [0, 0.1) is 6.92 Å². The normalized spacial score (nSPS) is 12.7. The Kier molecular flexibility index (Phi) is 11.7. The maximum Gasteiger partial charge on any atom is 0.264 e. The van der Waals surface area contributed by atoms with Crippen molar-refractivity contribution >= 4 is 50.7 Å². The number of methoxy groups -OCH3 is 1. The van der Waals surface area contributed by atoms with Crippen molar-refractivity contribution < 1.29 is 22.7 Å². The Morgan fingerprint density at radius 2 is 1.67 bits per heavy atom. The van der Waals surface area contributed by atoms with Crippen molar-refractivity contribution in [3.63, 3.8) is 0 Å². The summed E-state index contributed by atoms with van der Waals surface area (Å²) < 4.78 is 34.7. The Bertz CT molecular complexity index is 1500. The molecule has 0 aliphatic heterocycles. The van der Waals surface area contributed by atoms with Gasteiger partial charge >= 0.3 is 0 Å². The van der Waals surface area contributed by atoms with E-state index in [0.29, 0.717) is 28.5 Å². The molecular formula is C31H37Cl2N3O5S. The summed E-state index contributed by atoms with van der Waals surface area (Å²) in [5.74, 6) is -0.645. The lowest BCUT2D eigenvalue weighted by Crippen LogP contribution is -2.53. The van der Waals surface area contributed by atoms with E-state index >= 15 is 0 Å². The van der Waals surface area contributed by atoms with Crippen molar-refractivity contribution in [2.24, 2.45) is 0 Å². The van der Waals surface area contributed by atoms with Gasteiger partial charge < -0.3 is 15.0 Å². The van der Waals surface area contributed by atoms with Gasteiger partial charge in [-0.05, 0) is 74.2 Å². The van der Waals surface area contributed by atoms with Gasteiger partial charge in [0.05, 0.1) is 17.7 Å². The third-order valence-electron chi connectivity index (χ3n) is 6.96. The molecule has 2 atom stereocenters. The summed E-state index contributed by atoms with van der Waals surface area (Å²) in [6.45, 7) is 6.82. The van der Waals surface area contributed by atoms with Crippen molar-refractivity contribution in [2.45, 2.75) is 64.1 Å². The summed E-state index contributed by atoms with van der Waals surface area (Å²) in [7, 11) is -2.80. The number of ether oxygens (including phenoxy) is 1. The zero-order chi connectivity index (χ0) is 31.0. The van der Waals surface area contributed by atoms with E-state index in [1.165, 1.54) is 24.1 Å². The molecule has 2 amide bonds. The highest BCUT2D eigenvalue weighted by Crippen LogP contribution is 2.34. The summed E-state index contributed by atoms with van der Waals surface area (Å²) in [5, 5.41) is 3.70. The number of nitrogens with zero attached hydrogens (tertiary/aromatic N) is 2. The third-order valence-corrected chi connectivity index (χ3v) is 9.32. The molecule has 42 heavy (non-hydrogen) atoms. The number of carbonyl (C=O) groups excluding carboxylic acids is 2. The van der Waals surface area contributed by atoms with E-state index in [4.69, 9.17) is 27.9 Å². The molecule has 8 nitrogen and oxygen atoms in total. The molecule has 0 bridgehead atoms. The van der Waals surface area contributed by atoms with Gasteiger partial charge in [-0.1, -0.05) is 67.4 Å². The second-order valence-electron chi connectivity index (χ2n) is 10.00. The fourth-order valence-corrected chi connectivity index (χ4v) is 6.33. The van der Waals surface area contributed by atoms with Crippen molar-refractivity contribution in [3.8, 4) is 5.75 Å². The molecule has 0 aliphatic carbocycles. The van der Waals surface area contributed by atoms with Crippen molar-refractivity contribution in [1.29, 1.82) is 0 Å². The summed E-state index contributed by atoms with van der Waals surface area (Å²) in [5.41, 5.74) is 1.54. The minimum absolute atomic E-state index is 0.00945. The Hall–Kier alpha value is -3.27. The number of hydrogen-bond acceptors (Lipinski definition) is 5. The first-order valence-electron chi connectivity index (χ1n) is 13.7. The minimum atomic E-state index is -4.23. The minimum Gasteiger partial charge on any atom is -0.495 e. The predicted molar refractivity (Wildman–Crippen MR) is 168 cm³/mol. The number of carbonyl (C=O) groups is 2. The number of rotatable bonds is 13. The average Bonchev–Trinajstić information content (AvgIpc) is 2.97. The lowest BCUT2D eigenvalue weighted by Gasteiger charge is -2.34. The number of aryl methyl sites for hydroxylation is 1. The van der Waals surface area contributed by atoms with Crippen LogP contribution in [0.2, 0.25) is 10.0 Å². The quantitative estimate of drug-likeness (QED) is 0.241. The molecular weight excluding hydrogens is 597 g/mol. The van der Waals surface area contributed by atoms with Gasteiger partial charge in [0.2, 0.25) is 11.8 Å². The molecule has 1 N–H and O–H groups in total. The van der Waals surface area contributed by atoms with E-state index in [9.17, 15) is 18.0 Å². The molecule has 226 valence electrons. The van der Waals surface area contributed by atoms with Crippen molar-refractivity contribution in [2.75, 3.05) is 18.0 Å². The first-order chi connectivity index (χ1) is 19.9. The fraction of sp³-hybridized carbons (Fsp3) is 0.355. The Labute approximate surface area is 258 Å². The molecule has 11 heteroatoms. The van der Waals surface area contributed by atoms with Gasteiger partial charge in [0.25, 0.3) is 10.0 Å². The first-order valence-corrected chi connectivity index (χ1v) is 15.9. The molecule has 0 radical (unpaired) electrons. The highest BCUT2D eigenvalue weighted by atomic mass is 35.5. The van der Waals surface area contributed by atoms with E-state index < -0.39 is 28.5 Å². The molecule has 3 rings (SSSR count). The molecule has 0 aliphatic rings. The van der Waals surface area contributed by atoms with E-state index in [0.717, 1.165) is 9.87 Å². The summed E-state index contributed by atoms with van der Waals surface area (Å²) in [4.78, 5) is 29.1. The number of halogens is 2. The first kappa shape index (κ1) is 33.2. The predicted octanol–water partition coefficient (Wildman–Crippen LogP) is 6.23. The highest BCUT2D eigenvalue weighted by Gasteiger charge is 2.35. The van der Waals surface area contributed by atoms with Gasteiger partial charge in [-0.2, -0.15) is 0 Å². The number of amides is 2. The molecule has 0 fully saturated rings. The Morgan fingerprint density at radius 1 is 0.976 bits per heavy atom. The van der Waals surface area contributed by atoms with Gasteiger partial charge in [-0.3, -0.25) is 13.9 Å². The zero-order valence-corrected chi connectivity index (χ0v) is 26.8. The van der Waals surface area contributed by atoms with E-state index in [-0.39, 0.29) is 34.8 Å². The lowest BCUT2D eigenvalue weighted by atomic mass is 10.1. The number of benzene rings is 3. The van der Waals surface area contributed by atoms with E-state index in [1.807, 2.05) is 20.8 Å². The maximum atomic E-state index is 14.3. The standard InChI is InChI=1S/C31H37Cl2N3O5S/c1-6-22(4)34-31(38)27(7-2)35(19-23-14-15-24(32)18-26(23)33)30(37)20-36(28-17-21(3)13-16-29(28)41-5)42(39,40)25-11-9-8-10-12-25/h8-18,22,27H,6-7,19-20H2,1-5H3,(H,34,38). The van der Waals surface area contributed by atoms with Crippen LogP contribution in [0.1, 0.15) is 44.7 Å². The smallest absolute Gasteiger partial charge is 0.264 e. The number of sulfonamides is 1. The molecule has 0 spiro atoms. The zero-order valence-electron chi connectivity index (χ0n) is 24.4. The molecule has 2 unspecified atom stereocenters. The third kappa shape index (κ3) is 7.96. The van der Waals surface area contributed by atoms with Crippen LogP contribution in [0.3, 0.4) is 0 Å². The molecule has 0 heterocycles. The summed E-state index contributed by atoms with van der Waals surface area (Å²) in [6.07, 6.45) is 0.994. The van der Waals surface area contributed by atoms with Crippen LogP contribution >= 0.6 is 23.2 Å². The molecule has 0 saturated heterocycles. The van der Waals surface area contributed by atoms with Crippen molar-refractivity contribution in [1.82, 2.24) is 10.2 Å². The van der Waals surface area contributed by atoms with Crippen LogP contribution in [0.4, 0.5) is 5.69 Å². The average molecular weight is 635 g/mol.